The number of nitrogens with one attached hydrogen (secondary N) is 1. The Bertz CT molecular complexity index is 507. The fraction of sp³-hybridized carbons (Fsp3) is 0.231. The van der Waals surface area contributed by atoms with Crippen molar-refractivity contribution in [1.29, 1.82) is 0 Å². The monoisotopic (exact) mass is 271 g/mol. The van der Waals surface area contributed by atoms with Gasteiger partial charge < -0.3 is 5.32 Å². The summed E-state index contributed by atoms with van der Waals surface area (Å²) in [6.45, 7) is 1.51. The standard InChI is InChI=1S/C13H12F3NO2/c1-9(19)17-6-2-3-10-7-12(13(14,15)16)5-4-11(10)8-18/h2-5,7-8H,6H2,1H3,(H,17,19). The minimum Gasteiger partial charge on any atom is -0.353 e. The Kier molecular flexibility index (Phi) is 4.86. The number of alkyl halides is 3. The number of carbonyl (C=O) groups is 2. The van der Waals surface area contributed by atoms with Crippen LogP contribution in [0.25, 0.3) is 6.08 Å². The van der Waals surface area contributed by atoms with E-state index in [1.807, 2.05) is 0 Å². The molecule has 0 saturated carbocycles. The highest BCUT2D eigenvalue weighted by molar-refractivity contribution is 5.82. The molecule has 102 valence electrons. The fourth-order valence-corrected chi connectivity index (χ4v) is 1.39. The van der Waals surface area contributed by atoms with Crippen molar-refractivity contribution < 1.29 is 22.8 Å². The van der Waals surface area contributed by atoms with Gasteiger partial charge in [-0.1, -0.05) is 18.2 Å². The van der Waals surface area contributed by atoms with E-state index in [2.05, 4.69) is 5.32 Å². The van der Waals surface area contributed by atoms with Crippen LogP contribution in [0.15, 0.2) is 24.3 Å². The van der Waals surface area contributed by atoms with E-state index in [9.17, 15) is 22.8 Å². The second-order valence-electron chi connectivity index (χ2n) is 3.80. The Morgan fingerprint density at radius 2 is 2.00 bits per heavy atom. The predicted molar refractivity (Wildman–Crippen MR) is 64.5 cm³/mol. The van der Waals surface area contributed by atoms with Gasteiger partial charge in [-0.05, 0) is 17.7 Å². The van der Waals surface area contributed by atoms with E-state index in [0.717, 1.165) is 18.2 Å². The number of carbonyl (C=O) groups excluding carboxylic acids is 2. The van der Waals surface area contributed by atoms with E-state index in [0.29, 0.717) is 6.29 Å². The quantitative estimate of drug-likeness (QED) is 0.856. The Morgan fingerprint density at radius 1 is 1.32 bits per heavy atom. The molecule has 0 aliphatic carbocycles. The molecule has 6 heteroatoms. The lowest BCUT2D eigenvalue weighted by atomic mass is 10.0. The number of hydrogen-bond acceptors (Lipinski definition) is 2. The summed E-state index contributed by atoms with van der Waals surface area (Å²) in [7, 11) is 0. The molecule has 1 rings (SSSR count). The van der Waals surface area contributed by atoms with Gasteiger partial charge >= 0.3 is 6.18 Å². The molecule has 0 atom stereocenters. The molecule has 3 nitrogen and oxygen atoms in total. The van der Waals surface area contributed by atoms with Crippen LogP contribution >= 0.6 is 0 Å². The number of hydrogen-bond donors (Lipinski definition) is 1. The molecule has 0 radical (unpaired) electrons. The minimum absolute atomic E-state index is 0.159. The first-order valence-electron chi connectivity index (χ1n) is 5.42. The number of rotatable bonds is 4. The SMILES string of the molecule is CC(=O)NCC=Cc1cc(C(F)(F)F)ccc1C=O. The van der Waals surface area contributed by atoms with Gasteiger partial charge in [-0.25, -0.2) is 0 Å². The lowest BCUT2D eigenvalue weighted by Crippen LogP contribution is -2.19. The highest BCUT2D eigenvalue weighted by Crippen LogP contribution is 2.30. The van der Waals surface area contributed by atoms with E-state index < -0.39 is 11.7 Å². The predicted octanol–water partition coefficient (Wildman–Crippen LogP) is 2.67. The molecule has 0 bridgehead atoms. The van der Waals surface area contributed by atoms with Crippen LogP contribution in [0.4, 0.5) is 13.2 Å². The highest BCUT2D eigenvalue weighted by atomic mass is 19.4. The Balaban J connectivity index is 2.96. The Morgan fingerprint density at radius 3 is 2.53 bits per heavy atom. The van der Waals surface area contributed by atoms with Gasteiger partial charge in [0.25, 0.3) is 0 Å². The van der Waals surface area contributed by atoms with Gasteiger partial charge in [0.05, 0.1) is 5.56 Å². The molecule has 0 heterocycles. The number of aldehydes is 1. The van der Waals surface area contributed by atoms with Crippen LogP contribution in [0.2, 0.25) is 0 Å². The zero-order valence-corrected chi connectivity index (χ0v) is 10.1. The van der Waals surface area contributed by atoms with Crippen LogP contribution in [-0.2, 0) is 11.0 Å². The molecular formula is C13H12F3NO2. The number of halogens is 3. The lowest BCUT2D eigenvalue weighted by Gasteiger charge is -2.08. The first-order valence-corrected chi connectivity index (χ1v) is 5.42. The van der Waals surface area contributed by atoms with E-state index >= 15 is 0 Å². The van der Waals surface area contributed by atoms with Gasteiger partial charge in [-0.15, -0.1) is 0 Å². The Hall–Kier alpha value is -2.11. The topological polar surface area (TPSA) is 46.2 Å². The van der Waals surface area contributed by atoms with E-state index in [1.165, 1.54) is 19.1 Å². The molecule has 19 heavy (non-hydrogen) atoms. The molecule has 1 N–H and O–H groups in total. The first-order chi connectivity index (χ1) is 8.84. The van der Waals surface area contributed by atoms with Crippen LogP contribution in [0, 0.1) is 0 Å². The summed E-state index contributed by atoms with van der Waals surface area (Å²) >= 11 is 0. The van der Waals surface area contributed by atoms with Crippen molar-refractivity contribution in [2.45, 2.75) is 13.1 Å². The molecule has 0 aliphatic heterocycles. The van der Waals surface area contributed by atoms with Crippen LogP contribution < -0.4 is 5.32 Å². The lowest BCUT2D eigenvalue weighted by molar-refractivity contribution is -0.137. The van der Waals surface area contributed by atoms with Gasteiger partial charge in [0.1, 0.15) is 0 Å². The summed E-state index contributed by atoms with van der Waals surface area (Å²) in [5, 5.41) is 2.46. The molecule has 1 aromatic rings. The van der Waals surface area contributed by atoms with Crippen molar-refractivity contribution in [3.05, 3.63) is 41.0 Å². The molecule has 0 unspecified atom stereocenters. The zero-order valence-electron chi connectivity index (χ0n) is 10.1. The maximum Gasteiger partial charge on any atom is 0.416 e. The summed E-state index contributed by atoms with van der Waals surface area (Å²) in [5.74, 6) is -0.246. The fourth-order valence-electron chi connectivity index (χ4n) is 1.39. The van der Waals surface area contributed by atoms with Gasteiger partial charge in [0, 0.05) is 19.0 Å². The minimum atomic E-state index is -4.46. The van der Waals surface area contributed by atoms with Crippen molar-refractivity contribution in [1.82, 2.24) is 5.32 Å². The van der Waals surface area contributed by atoms with Crippen LogP contribution in [0.3, 0.4) is 0 Å². The molecule has 0 saturated heterocycles. The largest absolute Gasteiger partial charge is 0.416 e. The van der Waals surface area contributed by atoms with Gasteiger partial charge in [-0.2, -0.15) is 13.2 Å². The van der Waals surface area contributed by atoms with Crippen LogP contribution in [0.5, 0.6) is 0 Å². The normalized spacial score (nSPS) is 11.6. The van der Waals surface area contributed by atoms with E-state index in [4.69, 9.17) is 0 Å². The maximum absolute atomic E-state index is 12.5. The maximum atomic E-state index is 12.5. The Labute approximate surface area is 108 Å². The summed E-state index contributed by atoms with van der Waals surface area (Å²) in [4.78, 5) is 21.4. The van der Waals surface area contributed by atoms with Crippen molar-refractivity contribution in [2.24, 2.45) is 0 Å². The summed E-state index contributed by atoms with van der Waals surface area (Å²) < 4.78 is 37.6. The average Bonchev–Trinajstić information content (AvgIpc) is 2.33. The van der Waals surface area contributed by atoms with Gasteiger partial charge in [0.2, 0.25) is 5.91 Å². The highest BCUT2D eigenvalue weighted by Gasteiger charge is 2.30. The van der Waals surface area contributed by atoms with Crippen molar-refractivity contribution >= 4 is 18.3 Å². The smallest absolute Gasteiger partial charge is 0.353 e. The molecule has 1 amide bonds. The summed E-state index contributed by atoms with van der Waals surface area (Å²) in [6, 6.07) is 2.87. The van der Waals surface area contributed by atoms with Crippen molar-refractivity contribution in [3.63, 3.8) is 0 Å². The summed E-state index contributed by atoms with van der Waals surface area (Å²) in [6.07, 6.45) is -1.13. The first kappa shape index (κ1) is 14.9. The van der Waals surface area contributed by atoms with Gasteiger partial charge in [0.15, 0.2) is 6.29 Å². The summed E-state index contributed by atoms with van der Waals surface area (Å²) in [5.41, 5.74) is -0.500. The van der Waals surface area contributed by atoms with Crippen molar-refractivity contribution in [3.8, 4) is 0 Å². The average molecular weight is 271 g/mol. The third-order valence-electron chi connectivity index (χ3n) is 2.31. The van der Waals surface area contributed by atoms with Crippen molar-refractivity contribution in [2.75, 3.05) is 6.54 Å². The van der Waals surface area contributed by atoms with Crippen LogP contribution in [-0.4, -0.2) is 18.7 Å². The third-order valence-corrected chi connectivity index (χ3v) is 2.31. The van der Waals surface area contributed by atoms with E-state index in [1.54, 1.807) is 0 Å². The second-order valence-corrected chi connectivity index (χ2v) is 3.80. The second kappa shape index (κ2) is 6.17. The zero-order chi connectivity index (χ0) is 14.5. The molecule has 0 fully saturated rings. The molecular weight excluding hydrogens is 259 g/mol. The third kappa shape index (κ3) is 4.57. The van der Waals surface area contributed by atoms with E-state index in [-0.39, 0.29) is 23.6 Å². The van der Waals surface area contributed by atoms with Crippen LogP contribution in [0.1, 0.15) is 28.4 Å². The molecule has 0 spiro atoms. The number of benzene rings is 1. The molecule has 0 aromatic heterocycles. The molecule has 0 aliphatic rings. The molecule has 1 aromatic carbocycles. The number of amides is 1. The van der Waals surface area contributed by atoms with Gasteiger partial charge in [-0.3, -0.25) is 9.59 Å².